The number of rotatable bonds is 5. The zero-order valence-corrected chi connectivity index (χ0v) is 21.1. The summed E-state index contributed by atoms with van der Waals surface area (Å²) in [5, 5.41) is 3.47. The minimum Gasteiger partial charge on any atom is -0.378 e. The van der Waals surface area contributed by atoms with Gasteiger partial charge in [-0.3, -0.25) is 4.79 Å². The number of aromatic nitrogens is 1. The molecule has 0 bridgehead atoms. The van der Waals surface area contributed by atoms with Gasteiger partial charge in [-0.05, 0) is 49.9 Å². The van der Waals surface area contributed by atoms with E-state index < -0.39 is 0 Å². The molecule has 0 radical (unpaired) electrons. The third-order valence-electron chi connectivity index (χ3n) is 6.75. The Bertz CT molecular complexity index is 1030. The number of hydrogen-bond donors (Lipinski definition) is 1. The molecular weight excluding hydrogens is 452 g/mol. The van der Waals surface area contributed by atoms with Crippen molar-refractivity contribution in [1.29, 1.82) is 0 Å². The minimum atomic E-state index is -0.0719. The molecule has 2 saturated heterocycles. The molecule has 2 atom stereocenters. The van der Waals surface area contributed by atoms with Crippen molar-refractivity contribution in [3.05, 3.63) is 42.1 Å². The zero-order valence-electron chi connectivity index (χ0n) is 21.1. The van der Waals surface area contributed by atoms with Crippen molar-refractivity contribution in [2.45, 2.75) is 45.3 Å². The first kappa shape index (κ1) is 27.1. The van der Waals surface area contributed by atoms with Gasteiger partial charge in [-0.15, -0.1) is 25.7 Å². The fourth-order valence-electron chi connectivity index (χ4n) is 4.82. The molecule has 1 aromatic heterocycles. The Morgan fingerprint density at radius 1 is 1.17 bits per heavy atom. The van der Waals surface area contributed by atoms with Crippen molar-refractivity contribution >= 4 is 28.8 Å². The Kier molecular flexibility index (Phi) is 10.2. The van der Waals surface area contributed by atoms with E-state index in [0.717, 1.165) is 87.0 Å². The van der Waals surface area contributed by atoms with Gasteiger partial charge in [0, 0.05) is 43.1 Å². The van der Waals surface area contributed by atoms with Crippen LogP contribution < -0.4 is 15.1 Å². The number of carbonyl (C=O) groups is 1. The molecule has 7 nitrogen and oxygen atoms in total. The lowest BCUT2D eigenvalue weighted by Crippen LogP contribution is -2.37. The highest BCUT2D eigenvalue weighted by Gasteiger charge is 2.29. The maximum atomic E-state index is 13.7. The first-order valence-electron chi connectivity index (χ1n) is 12.5. The number of morpholine rings is 1. The van der Waals surface area contributed by atoms with E-state index >= 15 is 0 Å². The number of nitrogens with zero attached hydrogens (tertiary/aromatic N) is 3. The lowest BCUT2D eigenvalue weighted by Gasteiger charge is -2.31. The first-order valence-corrected chi connectivity index (χ1v) is 12.5. The standard InChI is InChI=1S/C25H32N4O3.2C2H2/c1-18(6-8-21-5-3-13-32-21)25(30)29-17-19-4-2-10-26-24(19)27-22-9-7-20(16-23(22)29)28-11-14-31-15-12-28;2*1-2/h2,4,7,9-10,16,18,21H,3,5-6,8,11-15,17H2,1H3,(H,26,27);2*1-2H/t18-,21+;;/m1../s1. The second-order valence-corrected chi connectivity index (χ2v) is 8.97. The van der Waals surface area contributed by atoms with Crippen LogP contribution in [0.1, 0.15) is 38.2 Å². The van der Waals surface area contributed by atoms with Crippen LogP contribution in [0.4, 0.5) is 22.9 Å². The van der Waals surface area contributed by atoms with E-state index in [2.05, 4.69) is 59.1 Å². The number of terminal acetylenes is 2. The number of hydrogen-bond acceptors (Lipinski definition) is 6. The summed E-state index contributed by atoms with van der Waals surface area (Å²) < 4.78 is 11.3. The van der Waals surface area contributed by atoms with Crippen LogP contribution in [0.5, 0.6) is 0 Å². The molecule has 1 aromatic carbocycles. The zero-order chi connectivity index (χ0) is 25.9. The normalized spacial score (nSPS) is 19.1. The van der Waals surface area contributed by atoms with Gasteiger partial charge in [0.1, 0.15) is 5.82 Å². The molecule has 3 aliphatic heterocycles. The second-order valence-electron chi connectivity index (χ2n) is 8.97. The lowest BCUT2D eigenvalue weighted by atomic mass is 9.99. The van der Waals surface area contributed by atoms with Gasteiger partial charge >= 0.3 is 0 Å². The summed E-state index contributed by atoms with van der Waals surface area (Å²) >= 11 is 0. The summed E-state index contributed by atoms with van der Waals surface area (Å²) in [5.74, 6) is 0.898. The first-order chi connectivity index (χ1) is 17.7. The van der Waals surface area contributed by atoms with E-state index in [4.69, 9.17) is 9.47 Å². The number of carbonyl (C=O) groups excluding carboxylic acids is 1. The monoisotopic (exact) mass is 488 g/mol. The Morgan fingerprint density at radius 2 is 1.94 bits per heavy atom. The van der Waals surface area contributed by atoms with Crippen molar-refractivity contribution in [2.24, 2.45) is 5.92 Å². The molecular formula is C29H36N4O3. The summed E-state index contributed by atoms with van der Waals surface area (Å²) in [7, 11) is 0. The number of pyridine rings is 1. The van der Waals surface area contributed by atoms with Gasteiger partial charge in [0.25, 0.3) is 0 Å². The Balaban J connectivity index is 0.000000861. The molecule has 3 aliphatic rings. The van der Waals surface area contributed by atoms with Crippen LogP contribution in [-0.4, -0.2) is 49.9 Å². The van der Waals surface area contributed by atoms with Crippen molar-refractivity contribution in [3.63, 3.8) is 0 Å². The van der Waals surface area contributed by atoms with Gasteiger partial charge in [0.05, 0.1) is 37.2 Å². The van der Waals surface area contributed by atoms with Gasteiger partial charge in [-0.1, -0.05) is 13.0 Å². The third-order valence-corrected chi connectivity index (χ3v) is 6.75. The quantitative estimate of drug-likeness (QED) is 0.621. The average molecular weight is 489 g/mol. The maximum Gasteiger partial charge on any atom is 0.230 e. The summed E-state index contributed by atoms with van der Waals surface area (Å²) in [6.45, 7) is 6.59. The van der Waals surface area contributed by atoms with Crippen molar-refractivity contribution < 1.29 is 14.3 Å². The Labute approximate surface area is 215 Å². The fourth-order valence-corrected chi connectivity index (χ4v) is 4.82. The number of fused-ring (bicyclic) bond motifs is 2. The summed E-state index contributed by atoms with van der Waals surface area (Å²) in [5.41, 5.74) is 3.98. The molecule has 0 saturated carbocycles. The van der Waals surface area contributed by atoms with E-state index in [1.807, 2.05) is 24.0 Å². The van der Waals surface area contributed by atoms with Crippen LogP contribution in [0.2, 0.25) is 0 Å². The molecule has 7 heteroatoms. The molecule has 4 heterocycles. The van der Waals surface area contributed by atoms with Gasteiger partial charge in [0.15, 0.2) is 0 Å². The van der Waals surface area contributed by atoms with Gasteiger partial charge < -0.3 is 24.6 Å². The molecule has 1 N–H and O–H groups in total. The lowest BCUT2D eigenvalue weighted by molar-refractivity contribution is -0.122. The number of nitrogens with one attached hydrogen (secondary N) is 1. The predicted molar refractivity (Wildman–Crippen MR) is 145 cm³/mol. The molecule has 2 aromatic rings. The van der Waals surface area contributed by atoms with Crippen molar-refractivity contribution in [2.75, 3.05) is 48.0 Å². The Morgan fingerprint density at radius 3 is 2.67 bits per heavy atom. The number of amides is 1. The van der Waals surface area contributed by atoms with E-state index in [9.17, 15) is 4.79 Å². The van der Waals surface area contributed by atoms with Gasteiger partial charge in [-0.25, -0.2) is 4.98 Å². The molecule has 5 rings (SSSR count). The Hall–Kier alpha value is -3.52. The van der Waals surface area contributed by atoms with Crippen molar-refractivity contribution in [1.82, 2.24) is 4.98 Å². The van der Waals surface area contributed by atoms with E-state index in [0.29, 0.717) is 12.6 Å². The van der Waals surface area contributed by atoms with Gasteiger partial charge in [0.2, 0.25) is 5.91 Å². The SMILES string of the molecule is C#C.C#C.C[C@H](CC[C@@H]1CCCO1)C(=O)N1Cc2cccnc2Nc2ccc(N3CCOCC3)cc21. The summed E-state index contributed by atoms with van der Waals surface area (Å²) in [4.78, 5) is 22.5. The van der Waals surface area contributed by atoms with Crippen LogP contribution in [0.25, 0.3) is 0 Å². The highest BCUT2D eigenvalue weighted by molar-refractivity contribution is 6.00. The van der Waals surface area contributed by atoms with Crippen LogP contribution in [0.3, 0.4) is 0 Å². The molecule has 0 spiro atoms. The maximum absolute atomic E-state index is 13.7. The highest BCUT2D eigenvalue weighted by Crippen LogP contribution is 2.38. The second kappa shape index (κ2) is 13.5. The molecule has 36 heavy (non-hydrogen) atoms. The number of ether oxygens (including phenoxy) is 2. The topological polar surface area (TPSA) is 66.9 Å². The predicted octanol–water partition coefficient (Wildman–Crippen LogP) is 4.60. The minimum absolute atomic E-state index is 0.0719. The van der Waals surface area contributed by atoms with Crippen molar-refractivity contribution in [3.8, 4) is 25.7 Å². The third kappa shape index (κ3) is 6.37. The number of benzene rings is 1. The van der Waals surface area contributed by atoms with Crippen LogP contribution in [0, 0.1) is 31.6 Å². The van der Waals surface area contributed by atoms with E-state index in [-0.39, 0.29) is 11.8 Å². The summed E-state index contributed by atoms with van der Waals surface area (Å²) in [6, 6.07) is 10.3. The number of anilines is 4. The molecule has 190 valence electrons. The smallest absolute Gasteiger partial charge is 0.230 e. The molecule has 2 fully saturated rings. The van der Waals surface area contributed by atoms with Crippen LogP contribution in [0.15, 0.2) is 36.5 Å². The largest absolute Gasteiger partial charge is 0.378 e. The van der Waals surface area contributed by atoms with Crippen LogP contribution >= 0.6 is 0 Å². The van der Waals surface area contributed by atoms with E-state index in [1.54, 1.807) is 6.20 Å². The molecule has 0 aliphatic carbocycles. The molecule has 0 unspecified atom stereocenters. The average Bonchev–Trinajstić information content (AvgIpc) is 3.42. The highest BCUT2D eigenvalue weighted by atomic mass is 16.5. The van der Waals surface area contributed by atoms with Gasteiger partial charge in [-0.2, -0.15) is 0 Å². The fraction of sp³-hybridized carbons (Fsp3) is 0.448. The van der Waals surface area contributed by atoms with E-state index in [1.165, 1.54) is 0 Å². The summed E-state index contributed by atoms with van der Waals surface area (Å²) in [6.07, 6.45) is 22.1. The van der Waals surface area contributed by atoms with Crippen LogP contribution in [-0.2, 0) is 20.8 Å². The molecule has 1 amide bonds.